The maximum absolute atomic E-state index is 9.35. The van der Waals surface area contributed by atoms with Crippen LogP contribution in [0.5, 0.6) is 0 Å². The quantitative estimate of drug-likeness (QED) is 0.808. The Morgan fingerprint density at radius 1 is 1.56 bits per heavy atom. The van der Waals surface area contributed by atoms with Gasteiger partial charge in [0.25, 0.3) is 0 Å². The number of nitrogens with one attached hydrogen (secondary N) is 1. The molecule has 1 aliphatic rings. The van der Waals surface area contributed by atoms with Crippen LogP contribution in [-0.4, -0.2) is 40.7 Å². The fourth-order valence-corrected chi connectivity index (χ4v) is 2.50. The zero-order chi connectivity index (χ0) is 12.8. The molecular formula is C14H23N3O. The van der Waals surface area contributed by atoms with Crippen molar-refractivity contribution in [2.75, 3.05) is 25.0 Å². The van der Waals surface area contributed by atoms with E-state index in [1.807, 2.05) is 12.3 Å². The molecule has 2 rings (SSSR count). The van der Waals surface area contributed by atoms with Gasteiger partial charge >= 0.3 is 0 Å². The minimum atomic E-state index is 0.262. The molecule has 1 atom stereocenters. The van der Waals surface area contributed by atoms with Crippen LogP contribution in [0.1, 0.15) is 31.7 Å². The lowest BCUT2D eigenvalue weighted by Crippen LogP contribution is -2.32. The van der Waals surface area contributed by atoms with Crippen molar-refractivity contribution in [2.24, 2.45) is 0 Å². The minimum absolute atomic E-state index is 0.262. The highest BCUT2D eigenvalue weighted by atomic mass is 16.3. The van der Waals surface area contributed by atoms with Gasteiger partial charge in [-0.3, -0.25) is 4.90 Å². The van der Waals surface area contributed by atoms with Crippen LogP contribution in [0.15, 0.2) is 18.3 Å². The predicted octanol–water partition coefficient (Wildman–Crippen LogP) is 1.86. The Bertz CT molecular complexity index is 370. The molecule has 0 aromatic carbocycles. The number of rotatable bonds is 6. The normalized spacial score (nSPS) is 20.2. The molecular weight excluding hydrogens is 226 g/mol. The molecule has 0 amide bonds. The van der Waals surface area contributed by atoms with Crippen LogP contribution in [0.25, 0.3) is 0 Å². The number of aliphatic hydroxyl groups excluding tert-OH is 1. The Kier molecular flexibility index (Phi) is 4.96. The summed E-state index contributed by atoms with van der Waals surface area (Å²) < 4.78 is 0. The van der Waals surface area contributed by atoms with Crippen LogP contribution in [0.3, 0.4) is 0 Å². The standard InChI is InChI=1S/C14H23N3O/c1-2-7-15-14-12(5-3-8-16-14)10-17-9-4-6-13(17)11-18/h3,5,8,13,18H,2,4,6-7,9-11H2,1H3,(H,15,16). The molecule has 18 heavy (non-hydrogen) atoms. The summed E-state index contributed by atoms with van der Waals surface area (Å²) in [5, 5.41) is 12.7. The van der Waals surface area contributed by atoms with Crippen molar-refractivity contribution in [1.82, 2.24) is 9.88 Å². The molecule has 2 N–H and O–H groups in total. The van der Waals surface area contributed by atoms with Crippen LogP contribution < -0.4 is 5.32 Å². The van der Waals surface area contributed by atoms with Gasteiger partial charge in [0.1, 0.15) is 5.82 Å². The molecule has 0 bridgehead atoms. The highest BCUT2D eigenvalue weighted by Crippen LogP contribution is 2.22. The predicted molar refractivity (Wildman–Crippen MR) is 73.5 cm³/mol. The third-order valence-electron chi connectivity index (χ3n) is 3.52. The maximum atomic E-state index is 9.35. The summed E-state index contributed by atoms with van der Waals surface area (Å²) in [6, 6.07) is 4.43. The summed E-state index contributed by atoms with van der Waals surface area (Å²) in [5.41, 5.74) is 1.23. The van der Waals surface area contributed by atoms with E-state index in [2.05, 4.69) is 28.2 Å². The SMILES string of the molecule is CCCNc1ncccc1CN1CCCC1CO. The first-order chi connectivity index (χ1) is 8.85. The molecule has 4 heteroatoms. The van der Waals surface area contributed by atoms with E-state index >= 15 is 0 Å². The summed E-state index contributed by atoms with van der Waals surface area (Å²) in [7, 11) is 0. The fraction of sp³-hybridized carbons (Fsp3) is 0.643. The molecule has 1 aromatic heterocycles. The van der Waals surface area contributed by atoms with Crippen LogP contribution in [-0.2, 0) is 6.54 Å². The zero-order valence-electron chi connectivity index (χ0n) is 11.1. The lowest BCUT2D eigenvalue weighted by atomic mass is 10.2. The van der Waals surface area contributed by atoms with Gasteiger partial charge in [-0.1, -0.05) is 13.0 Å². The second kappa shape index (κ2) is 6.71. The number of nitrogens with zero attached hydrogens (tertiary/aromatic N) is 2. The Hall–Kier alpha value is -1.13. The van der Waals surface area contributed by atoms with Gasteiger partial charge in [-0.2, -0.15) is 0 Å². The number of anilines is 1. The average molecular weight is 249 g/mol. The number of hydrogen-bond acceptors (Lipinski definition) is 4. The summed E-state index contributed by atoms with van der Waals surface area (Å²) in [6.45, 7) is 5.32. The number of aliphatic hydroxyl groups is 1. The van der Waals surface area contributed by atoms with Crippen molar-refractivity contribution in [1.29, 1.82) is 0 Å². The largest absolute Gasteiger partial charge is 0.395 e. The van der Waals surface area contributed by atoms with E-state index in [0.29, 0.717) is 6.04 Å². The van der Waals surface area contributed by atoms with E-state index in [1.54, 1.807) is 0 Å². The fourth-order valence-electron chi connectivity index (χ4n) is 2.50. The van der Waals surface area contributed by atoms with Gasteiger partial charge in [0, 0.05) is 30.9 Å². The first-order valence-electron chi connectivity index (χ1n) is 6.87. The summed E-state index contributed by atoms with van der Waals surface area (Å²) in [5.74, 6) is 0.989. The van der Waals surface area contributed by atoms with Crippen LogP contribution in [0.2, 0.25) is 0 Å². The van der Waals surface area contributed by atoms with Crippen molar-refractivity contribution >= 4 is 5.82 Å². The van der Waals surface area contributed by atoms with E-state index in [4.69, 9.17) is 0 Å². The molecule has 0 radical (unpaired) electrons. The van der Waals surface area contributed by atoms with E-state index < -0.39 is 0 Å². The number of likely N-dealkylation sites (tertiary alicyclic amines) is 1. The van der Waals surface area contributed by atoms with Gasteiger partial charge in [0.05, 0.1) is 6.61 Å². The Labute approximate surface area is 109 Å². The smallest absolute Gasteiger partial charge is 0.130 e. The lowest BCUT2D eigenvalue weighted by Gasteiger charge is -2.23. The molecule has 0 saturated carbocycles. The molecule has 0 aliphatic carbocycles. The summed E-state index contributed by atoms with van der Waals surface area (Å²) in [6.07, 6.45) is 5.21. The minimum Gasteiger partial charge on any atom is -0.395 e. The van der Waals surface area contributed by atoms with Crippen LogP contribution in [0, 0.1) is 0 Å². The topological polar surface area (TPSA) is 48.4 Å². The number of aromatic nitrogens is 1. The third kappa shape index (κ3) is 3.21. The molecule has 1 fully saturated rings. The van der Waals surface area contributed by atoms with Gasteiger partial charge in [-0.05, 0) is 31.9 Å². The average Bonchev–Trinajstić information content (AvgIpc) is 2.85. The number of hydrogen-bond donors (Lipinski definition) is 2. The first kappa shape index (κ1) is 13.3. The number of pyridine rings is 1. The molecule has 1 aromatic rings. The Morgan fingerprint density at radius 2 is 2.44 bits per heavy atom. The molecule has 100 valence electrons. The van der Waals surface area contributed by atoms with E-state index in [1.165, 1.54) is 12.0 Å². The van der Waals surface area contributed by atoms with Gasteiger partial charge in [-0.15, -0.1) is 0 Å². The van der Waals surface area contributed by atoms with Crippen molar-refractivity contribution in [3.8, 4) is 0 Å². The highest BCUT2D eigenvalue weighted by Gasteiger charge is 2.24. The van der Waals surface area contributed by atoms with Crippen molar-refractivity contribution in [2.45, 2.75) is 38.8 Å². The molecule has 1 saturated heterocycles. The highest BCUT2D eigenvalue weighted by molar-refractivity contribution is 5.43. The second-order valence-corrected chi connectivity index (χ2v) is 4.89. The zero-order valence-corrected chi connectivity index (χ0v) is 11.1. The summed E-state index contributed by atoms with van der Waals surface area (Å²) in [4.78, 5) is 6.76. The third-order valence-corrected chi connectivity index (χ3v) is 3.52. The summed E-state index contributed by atoms with van der Waals surface area (Å²) >= 11 is 0. The Morgan fingerprint density at radius 3 is 3.22 bits per heavy atom. The van der Waals surface area contributed by atoms with Crippen molar-refractivity contribution < 1.29 is 5.11 Å². The van der Waals surface area contributed by atoms with E-state index in [-0.39, 0.29) is 6.61 Å². The van der Waals surface area contributed by atoms with Crippen molar-refractivity contribution in [3.63, 3.8) is 0 Å². The monoisotopic (exact) mass is 249 g/mol. The maximum Gasteiger partial charge on any atom is 0.130 e. The second-order valence-electron chi connectivity index (χ2n) is 4.89. The van der Waals surface area contributed by atoms with Gasteiger partial charge in [0.2, 0.25) is 0 Å². The van der Waals surface area contributed by atoms with Crippen LogP contribution >= 0.6 is 0 Å². The molecule has 2 heterocycles. The van der Waals surface area contributed by atoms with E-state index in [9.17, 15) is 5.11 Å². The van der Waals surface area contributed by atoms with Gasteiger partial charge in [0.15, 0.2) is 0 Å². The molecule has 0 spiro atoms. The lowest BCUT2D eigenvalue weighted by molar-refractivity contribution is 0.153. The molecule has 1 aliphatic heterocycles. The van der Waals surface area contributed by atoms with E-state index in [0.717, 1.165) is 38.3 Å². The van der Waals surface area contributed by atoms with Gasteiger partial charge in [-0.25, -0.2) is 4.98 Å². The van der Waals surface area contributed by atoms with Gasteiger partial charge < -0.3 is 10.4 Å². The Balaban J connectivity index is 2.03. The van der Waals surface area contributed by atoms with Crippen molar-refractivity contribution in [3.05, 3.63) is 23.9 Å². The van der Waals surface area contributed by atoms with Crippen LogP contribution in [0.4, 0.5) is 5.82 Å². The molecule has 4 nitrogen and oxygen atoms in total. The first-order valence-corrected chi connectivity index (χ1v) is 6.87. The molecule has 1 unspecified atom stereocenters.